The summed E-state index contributed by atoms with van der Waals surface area (Å²) in [4.78, 5) is 28.5. The fourth-order valence-corrected chi connectivity index (χ4v) is 3.28. The summed E-state index contributed by atoms with van der Waals surface area (Å²) < 4.78 is 7.01. The Morgan fingerprint density at radius 1 is 1.03 bits per heavy atom. The van der Waals surface area contributed by atoms with Gasteiger partial charge in [-0.2, -0.15) is 0 Å². The van der Waals surface area contributed by atoms with Crippen LogP contribution in [-0.2, 0) is 0 Å². The first-order valence-electron chi connectivity index (χ1n) is 9.74. The molecule has 4 rings (SSSR count). The van der Waals surface area contributed by atoms with Gasteiger partial charge in [-0.05, 0) is 55.0 Å². The quantitative estimate of drug-likeness (QED) is 0.333. The lowest BCUT2D eigenvalue weighted by Gasteiger charge is -2.12. The molecule has 0 radical (unpaired) electrons. The minimum Gasteiger partial charge on any atom is -0.494 e. The van der Waals surface area contributed by atoms with E-state index in [0.29, 0.717) is 40.3 Å². The monoisotopic (exact) mass is 413 g/mol. The summed E-state index contributed by atoms with van der Waals surface area (Å²) in [5.41, 5.74) is 1.65. The molecule has 7 heteroatoms. The molecular weight excluding hydrogens is 394 g/mol. The van der Waals surface area contributed by atoms with Gasteiger partial charge in [0.2, 0.25) is 0 Å². The van der Waals surface area contributed by atoms with Crippen LogP contribution in [0.1, 0.15) is 18.3 Å². The van der Waals surface area contributed by atoms with Gasteiger partial charge in [0.05, 0.1) is 28.1 Å². The van der Waals surface area contributed by atoms with Crippen LogP contribution in [0.25, 0.3) is 28.7 Å². The van der Waals surface area contributed by atoms with E-state index in [1.54, 1.807) is 66.7 Å². The molecule has 0 aliphatic carbocycles. The van der Waals surface area contributed by atoms with Crippen LogP contribution in [0.5, 0.6) is 5.75 Å². The van der Waals surface area contributed by atoms with Crippen molar-refractivity contribution in [3.05, 3.63) is 105 Å². The van der Waals surface area contributed by atoms with Crippen molar-refractivity contribution in [2.75, 3.05) is 6.61 Å². The van der Waals surface area contributed by atoms with Crippen molar-refractivity contribution in [2.24, 2.45) is 0 Å². The van der Waals surface area contributed by atoms with Gasteiger partial charge in [-0.15, -0.1) is 0 Å². The Morgan fingerprint density at radius 3 is 2.55 bits per heavy atom. The minimum atomic E-state index is -0.443. The van der Waals surface area contributed by atoms with Crippen molar-refractivity contribution in [2.45, 2.75) is 6.92 Å². The number of ether oxygens (including phenoxy) is 1. The molecule has 0 saturated heterocycles. The highest BCUT2D eigenvalue weighted by Gasteiger charge is 2.11. The molecule has 0 aliphatic rings. The first-order valence-corrected chi connectivity index (χ1v) is 9.74. The Kier molecular flexibility index (Phi) is 5.57. The third-order valence-corrected chi connectivity index (χ3v) is 4.71. The second-order valence-corrected chi connectivity index (χ2v) is 6.74. The maximum absolute atomic E-state index is 13.3. The second kappa shape index (κ2) is 8.62. The van der Waals surface area contributed by atoms with E-state index < -0.39 is 4.92 Å². The Hall–Kier alpha value is -4.26. The summed E-state index contributed by atoms with van der Waals surface area (Å²) in [5, 5.41) is 11.5. The Labute approximate surface area is 178 Å². The van der Waals surface area contributed by atoms with Crippen LogP contribution in [0.4, 0.5) is 5.69 Å². The predicted molar refractivity (Wildman–Crippen MR) is 121 cm³/mol. The fourth-order valence-electron chi connectivity index (χ4n) is 3.28. The number of hydrogen-bond donors (Lipinski definition) is 0. The average Bonchev–Trinajstić information content (AvgIpc) is 2.79. The van der Waals surface area contributed by atoms with Crippen LogP contribution < -0.4 is 10.3 Å². The molecule has 1 heterocycles. The van der Waals surface area contributed by atoms with Crippen LogP contribution in [0.15, 0.2) is 77.6 Å². The summed E-state index contributed by atoms with van der Waals surface area (Å²) >= 11 is 0. The molecule has 0 unspecified atom stereocenters. The van der Waals surface area contributed by atoms with E-state index in [2.05, 4.69) is 4.98 Å². The minimum absolute atomic E-state index is 0.00229. The molecule has 0 N–H and O–H groups in total. The highest BCUT2D eigenvalue weighted by atomic mass is 16.6. The zero-order chi connectivity index (χ0) is 21.8. The van der Waals surface area contributed by atoms with Gasteiger partial charge in [0, 0.05) is 12.1 Å². The van der Waals surface area contributed by atoms with Crippen molar-refractivity contribution in [3.63, 3.8) is 0 Å². The van der Waals surface area contributed by atoms with Gasteiger partial charge in [-0.1, -0.05) is 30.3 Å². The molecule has 0 bridgehead atoms. The number of nitro groups is 1. The number of aromatic nitrogens is 2. The molecule has 4 aromatic rings. The normalized spacial score (nSPS) is 11.1. The van der Waals surface area contributed by atoms with Gasteiger partial charge in [0.25, 0.3) is 11.2 Å². The first kappa shape index (κ1) is 20.0. The van der Waals surface area contributed by atoms with Gasteiger partial charge >= 0.3 is 0 Å². The van der Waals surface area contributed by atoms with E-state index in [0.717, 1.165) is 0 Å². The largest absolute Gasteiger partial charge is 0.494 e. The molecule has 0 spiro atoms. The number of benzene rings is 3. The van der Waals surface area contributed by atoms with Crippen LogP contribution in [-0.4, -0.2) is 21.1 Å². The lowest BCUT2D eigenvalue weighted by molar-refractivity contribution is -0.384. The third kappa shape index (κ3) is 4.20. The van der Waals surface area contributed by atoms with Gasteiger partial charge in [0.15, 0.2) is 0 Å². The van der Waals surface area contributed by atoms with Gasteiger partial charge in [-0.25, -0.2) is 4.98 Å². The molecule has 0 aliphatic heterocycles. The van der Waals surface area contributed by atoms with E-state index in [9.17, 15) is 14.9 Å². The average molecular weight is 413 g/mol. The number of nitrogens with zero attached hydrogens (tertiary/aromatic N) is 3. The van der Waals surface area contributed by atoms with E-state index in [-0.39, 0.29) is 11.2 Å². The molecule has 7 nitrogen and oxygen atoms in total. The number of rotatable bonds is 6. The van der Waals surface area contributed by atoms with Crippen molar-refractivity contribution >= 4 is 28.7 Å². The number of fused-ring (bicyclic) bond motifs is 1. The maximum atomic E-state index is 13.3. The summed E-state index contributed by atoms with van der Waals surface area (Å²) in [6.45, 7) is 2.45. The lowest BCUT2D eigenvalue weighted by atomic mass is 10.2. The standard InChI is InChI=1S/C24H19N3O4/c1-2-31-20-13-11-18(12-14-20)26-23(25-22-9-4-3-8-21(22)24(26)28)15-10-17-6-5-7-19(16-17)27(29)30/h3-16H,2H2,1H3/b15-10-. The first-order chi connectivity index (χ1) is 15.1. The zero-order valence-electron chi connectivity index (χ0n) is 16.8. The molecule has 1 aromatic heterocycles. The lowest BCUT2D eigenvalue weighted by Crippen LogP contribution is -2.22. The molecule has 3 aromatic carbocycles. The van der Waals surface area contributed by atoms with Gasteiger partial charge < -0.3 is 4.74 Å². The topological polar surface area (TPSA) is 87.3 Å². The summed E-state index contributed by atoms with van der Waals surface area (Å²) in [6.07, 6.45) is 3.39. The number of para-hydroxylation sites is 1. The van der Waals surface area contributed by atoms with Crippen LogP contribution in [0.3, 0.4) is 0 Å². The smallest absolute Gasteiger partial charge is 0.270 e. The zero-order valence-corrected chi connectivity index (χ0v) is 16.8. The Balaban J connectivity index is 1.85. The van der Waals surface area contributed by atoms with Crippen LogP contribution in [0.2, 0.25) is 0 Å². The van der Waals surface area contributed by atoms with Crippen LogP contribution >= 0.6 is 0 Å². The highest BCUT2D eigenvalue weighted by Crippen LogP contribution is 2.19. The van der Waals surface area contributed by atoms with Crippen molar-refractivity contribution in [1.82, 2.24) is 9.55 Å². The van der Waals surface area contributed by atoms with Gasteiger partial charge in [-0.3, -0.25) is 19.5 Å². The highest BCUT2D eigenvalue weighted by molar-refractivity contribution is 5.80. The molecule has 31 heavy (non-hydrogen) atoms. The van der Waals surface area contributed by atoms with E-state index in [4.69, 9.17) is 4.74 Å². The number of non-ortho nitro benzene ring substituents is 1. The second-order valence-electron chi connectivity index (χ2n) is 6.74. The Bertz CT molecular complexity index is 1340. The summed E-state index contributed by atoms with van der Waals surface area (Å²) in [7, 11) is 0. The van der Waals surface area contributed by atoms with Crippen molar-refractivity contribution < 1.29 is 9.66 Å². The molecule has 0 saturated carbocycles. The Morgan fingerprint density at radius 2 is 1.81 bits per heavy atom. The molecule has 154 valence electrons. The van der Waals surface area contributed by atoms with Crippen LogP contribution in [0, 0.1) is 10.1 Å². The summed E-state index contributed by atoms with van der Waals surface area (Å²) in [5.74, 6) is 1.13. The van der Waals surface area contributed by atoms with Gasteiger partial charge in [0.1, 0.15) is 11.6 Å². The van der Waals surface area contributed by atoms with Crippen molar-refractivity contribution in [3.8, 4) is 11.4 Å². The number of nitro benzene ring substituents is 1. The summed E-state index contributed by atoms with van der Waals surface area (Å²) in [6, 6.07) is 20.6. The molecule has 0 atom stereocenters. The SMILES string of the molecule is CCOc1ccc(-n2c(/C=C\c3cccc([N+](=O)[O-])c3)nc3ccccc3c2=O)cc1. The van der Waals surface area contributed by atoms with E-state index in [1.807, 2.05) is 13.0 Å². The van der Waals surface area contributed by atoms with E-state index >= 15 is 0 Å². The van der Waals surface area contributed by atoms with E-state index in [1.165, 1.54) is 16.7 Å². The third-order valence-electron chi connectivity index (χ3n) is 4.71. The molecule has 0 amide bonds. The number of hydrogen-bond acceptors (Lipinski definition) is 5. The van der Waals surface area contributed by atoms with Crippen molar-refractivity contribution in [1.29, 1.82) is 0 Å². The fraction of sp³-hybridized carbons (Fsp3) is 0.0833. The molecule has 0 fully saturated rings. The predicted octanol–water partition coefficient (Wildman–Crippen LogP) is 4.86. The maximum Gasteiger partial charge on any atom is 0.270 e. The molecular formula is C24H19N3O4.